The molecule has 0 atom stereocenters. The van der Waals surface area contributed by atoms with Crippen molar-refractivity contribution in [1.29, 1.82) is 0 Å². The van der Waals surface area contributed by atoms with Crippen molar-refractivity contribution >= 4 is 21.9 Å². The molecule has 0 aliphatic rings. The van der Waals surface area contributed by atoms with Gasteiger partial charge in [-0.15, -0.1) is 0 Å². The molecule has 0 bridgehead atoms. The maximum absolute atomic E-state index is 13.4. The molecule has 0 aliphatic carbocycles. The first-order chi connectivity index (χ1) is 14.8. The standard InChI is InChI=1S/C24H24BrNO5/c1-5-19-14(2)21(24(28)29)23(27)26(22(19)15-6-9-17(25)10-7-15)13-16-8-11-18(30-3)12-20(16)31-4/h6-12H,5,13H2,1-4H3,(H,28,29). The summed E-state index contributed by atoms with van der Waals surface area (Å²) in [4.78, 5) is 25.3. The average Bonchev–Trinajstić information content (AvgIpc) is 2.76. The molecule has 3 aromatic rings. The minimum absolute atomic E-state index is 0.158. The summed E-state index contributed by atoms with van der Waals surface area (Å²) in [6.07, 6.45) is 0.581. The third kappa shape index (κ3) is 4.37. The Morgan fingerprint density at radius 1 is 1.10 bits per heavy atom. The van der Waals surface area contributed by atoms with Crippen LogP contribution in [-0.2, 0) is 13.0 Å². The van der Waals surface area contributed by atoms with Crippen LogP contribution in [0.3, 0.4) is 0 Å². The van der Waals surface area contributed by atoms with Crippen LogP contribution in [0, 0.1) is 6.92 Å². The zero-order chi connectivity index (χ0) is 22.7. The molecule has 0 radical (unpaired) electrons. The predicted molar refractivity (Wildman–Crippen MR) is 124 cm³/mol. The molecule has 0 fully saturated rings. The van der Waals surface area contributed by atoms with Crippen molar-refractivity contribution in [3.63, 3.8) is 0 Å². The van der Waals surface area contributed by atoms with E-state index in [0.717, 1.165) is 21.2 Å². The van der Waals surface area contributed by atoms with Crippen molar-refractivity contribution in [2.75, 3.05) is 14.2 Å². The van der Waals surface area contributed by atoms with Crippen molar-refractivity contribution < 1.29 is 19.4 Å². The second kappa shape index (κ2) is 9.39. The van der Waals surface area contributed by atoms with Crippen molar-refractivity contribution in [1.82, 2.24) is 4.57 Å². The Kier molecular flexibility index (Phi) is 6.85. The molecule has 0 spiro atoms. The zero-order valence-corrected chi connectivity index (χ0v) is 19.4. The molecule has 3 rings (SSSR count). The first-order valence-electron chi connectivity index (χ1n) is 9.78. The van der Waals surface area contributed by atoms with E-state index >= 15 is 0 Å². The fourth-order valence-electron chi connectivity index (χ4n) is 3.81. The lowest BCUT2D eigenvalue weighted by Gasteiger charge is -2.22. The third-order valence-corrected chi connectivity index (χ3v) is 5.88. The molecule has 0 amide bonds. The summed E-state index contributed by atoms with van der Waals surface area (Å²) in [5, 5.41) is 9.76. The fraction of sp³-hybridized carbons (Fsp3) is 0.250. The number of carboxylic acid groups (broad SMARTS) is 1. The van der Waals surface area contributed by atoms with Crippen LogP contribution in [0.5, 0.6) is 11.5 Å². The Labute approximate surface area is 189 Å². The highest BCUT2D eigenvalue weighted by atomic mass is 79.9. The van der Waals surface area contributed by atoms with Crippen molar-refractivity contribution in [3.8, 4) is 22.8 Å². The number of carboxylic acids is 1. The van der Waals surface area contributed by atoms with Crippen LogP contribution in [0.2, 0.25) is 0 Å². The Morgan fingerprint density at radius 3 is 2.32 bits per heavy atom. The van der Waals surface area contributed by atoms with Gasteiger partial charge in [-0.05, 0) is 54.3 Å². The van der Waals surface area contributed by atoms with E-state index in [2.05, 4.69) is 15.9 Å². The van der Waals surface area contributed by atoms with Crippen molar-refractivity contribution in [3.05, 3.63) is 79.5 Å². The van der Waals surface area contributed by atoms with Gasteiger partial charge >= 0.3 is 5.97 Å². The molecule has 7 heteroatoms. The van der Waals surface area contributed by atoms with Gasteiger partial charge in [-0.2, -0.15) is 0 Å². The maximum atomic E-state index is 13.4. The van der Waals surface area contributed by atoms with E-state index in [-0.39, 0.29) is 12.1 Å². The molecule has 0 aliphatic heterocycles. The van der Waals surface area contributed by atoms with Crippen LogP contribution in [0.15, 0.2) is 51.7 Å². The fourth-order valence-corrected chi connectivity index (χ4v) is 4.08. The van der Waals surface area contributed by atoms with E-state index < -0.39 is 11.5 Å². The largest absolute Gasteiger partial charge is 0.497 e. The number of hydrogen-bond acceptors (Lipinski definition) is 4. The first kappa shape index (κ1) is 22.6. The van der Waals surface area contributed by atoms with E-state index in [1.54, 1.807) is 33.3 Å². The topological polar surface area (TPSA) is 77.8 Å². The Hall–Kier alpha value is -3.06. The second-order valence-corrected chi connectivity index (χ2v) is 7.98. The van der Waals surface area contributed by atoms with Gasteiger partial charge in [-0.25, -0.2) is 4.79 Å². The van der Waals surface area contributed by atoms with Gasteiger partial charge in [-0.3, -0.25) is 4.79 Å². The number of aromatic carboxylic acids is 1. The van der Waals surface area contributed by atoms with Crippen LogP contribution >= 0.6 is 15.9 Å². The van der Waals surface area contributed by atoms with Gasteiger partial charge < -0.3 is 19.1 Å². The molecule has 1 N–H and O–H groups in total. The van der Waals surface area contributed by atoms with Gasteiger partial charge in [-0.1, -0.05) is 35.0 Å². The predicted octanol–water partition coefficient (Wildman–Crippen LogP) is 4.91. The molecule has 1 heterocycles. The highest BCUT2D eigenvalue weighted by molar-refractivity contribution is 9.10. The maximum Gasteiger partial charge on any atom is 0.341 e. The van der Waals surface area contributed by atoms with Gasteiger partial charge in [0.2, 0.25) is 0 Å². The van der Waals surface area contributed by atoms with E-state index in [4.69, 9.17) is 9.47 Å². The number of halogens is 1. The normalized spacial score (nSPS) is 10.7. The summed E-state index contributed by atoms with van der Waals surface area (Å²) < 4.78 is 13.2. The smallest absolute Gasteiger partial charge is 0.341 e. The van der Waals surface area contributed by atoms with E-state index in [1.807, 2.05) is 37.3 Å². The van der Waals surface area contributed by atoms with Crippen LogP contribution in [0.1, 0.15) is 34.0 Å². The Balaban J connectivity index is 2.34. The summed E-state index contributed by atoms with van der Waals surface area (Å²) in [6, 6.07) is 13.0. The second-order valence-electron chi connectivity index (χ2n) is 7.06. The SMILES string of the molecule is CCc1c(C)c(C(=O)O)c(=O)n(Cc2ccc(OC)cc2OC)c1-c1ccc(Br)cc1. The molecule has 0 unspecified atom stereocenters. The van der Waals surface area contributed by atoms with Gasteiger partial charge in [0.15, 0.2) is 0 Å². The number of hydrogen-bond donors (Lipinski definition) is 1. The highest BCUT2D eigenvalue weighted by Crippen LogP contribution is 2.31. The lowest BCUT2D eigenvalue weighted by Crippen LogP contribution is -2.31. The molecule has 0 saturated carbocycles. The minimum Gasteiger partial charge on any atom is -0.497 e. The number of carbonyl (C=O) groups is 1. The van der Waals surface area contributed by atoms with Gasteiger partial charge in [0.1, 0.15) is 17.1 Å². The Morgan fingerprint density at radius 2 is 1.77 bits per heavy atom. The zero-order valence-electron chi connectivity index (χ0n) is 17.9. The number of rotatable bonds is 7. The number of benzene rings is 2. The number of nitrogens with zero attached hydrogens (tertiary/aromatic N) is 1. The quantitative estimate of drug-likeness (QED) is 0.514. The van der Waals surface area contributed by atoms with Crippen molar-refractivity contribution in [2.45, 2.75) is 26.8 Å². The van der Waals surface area contributed by atoms with Gasteiger partial charge in [0.05, 0.1) is 26.5 Å². The number of pyridine rings is 1. The molecule has 6 nitrogen and oxygen atoms in total. The van der Waals surface area contributed by atoms with Gasteiger partial charge in [0, 0.05) is 16.1 Å². The molecule has 1 aromatic heterocycles. The molecular formula is C24H24BrNO5. The summed E-state index contributed by atoms with van der Waals surface area (Å²) >= 11 is 3.44. The molecule has 162 valence electrons. The van der Waals surface area contributed by atoms with Gasteiger partial charge in [0.25, 0.3) is 5.56 Å². The number of ether oxygens (including phenoxy) is 2. The molecule has 2 aromatic carbocycles. The van der Waals surface area contributed by atoms with E-state index in [9.17, 15) is 14.7 Å². The third-order valence-electron chi connectivity index (χ3n) is 5.35. The lowest BCUT2D eigenvalue weighted by molar-refractivity contribution is 0.0693. The summed E-state index contributed by atoms with van der Waals surface area (Å²) in [7, 11) is 3.11. The van der Waals surface area contributed by atoms with E-state index in [0.29, 0.717) is 29.2 Å². The molecule has 0 saturated heterocycles. The summed E-state index contributed by atoms with van der Waals surface area (Å²) in [6.45, 7) is 3.81. The highest BCUT2D eigenvalue weighted by Gasteiger charge is 2.24. The lowest BCUT2D eigenvalue weighted by atomic mass is 9.95. The van der Waals surface area contributed by atoms with Crippen LogP contribution in [-0.4, -0.2) is 29.9 Å². The first-order valence-corrected chi connectivity index (χ1v) is 10.6. The van der Waals surface area contributed by atoms with Crippen LogP contribution in [0.4, 0.5) is 0 Å². The summed E-state index contributed by atoms with van der Waals surface area (Å²) in [5.41, 5.74) is 2.86. The number of aromatic nitrogens is 1. The summed E-state index contributed by atoms with van der Waals surface area (Å²) in [5.74, 6) is -0.0380. The van der Waals surface area contributed by atoms with Crippen molar-refractivity contribution in [2.24, 2.45) is 0 Å². The van der Waals surface area contributed by atoms with Crippen LogP contribution in [0.25, 0.3) is 11.3 Å². The molecular weight excluding hydrogens is 462 g/mol. The molecule has 31 heavy (non-hydrogen) atoms. The monoisotopic (exact) mass is 485 g/mol. The minimum atomic E-state index is -1.23. The van der Waals surface area contributed by atoms with E-state index in [1.165, 1.54) is 4.57 Å². The number of methoxy groups -OCH3 is 2. The Bertz CT molecular complexity index is 1180. The average molecular weight is 486 g/mol. The van der Waals surface area contributed by atoms with Crippen LogP contribution < -0.4 is 15.0 Å².